The maximum atomic E-state index is 13.2. The zero-order valence-corrected chi connectivity index (χ0v) is 25.0. The fraction of sp³-hybridized carbons (Fsp3) is 0.171. The number of aliphatic hydroxyl groups excluding tert-OH is 1. The van der Waals surface area contributed by atoms with Gasteiger partial charge in [0.1, 0.15) is 11.7 Å². The summed E-state index contributed by atoms with van der Waals surface area (Å²) in [5.74, 6) is -3.21. The second-order valence-corrected chi connectivity index (χ2v) is 10.9. The molecule has 9 heteroatoms. The molecule has 0 saturated carbocycles. The highest BCUT2D eigenvalue weighted by molar-refractivity contribution is 6.28. The van der Waals surface area contributed by atoms with Gasteiger partial charge in [0.25, 0.3) is 0 Å². The van der Waals surface area contributed by atoms with E-state index in [4.69, 9.17) is 19.7 Å². The molecule has 1 unspecified atom stereocenters. The summed E-state index contributed by atoms with van der Waals surface area (Å²) >= 11 is 0. The van der Waals surface area contributed by atoms with Crippen molar-refractivity contribution in [1.29, 1.82) is 0 Å². The molecule has 0 amide bonds. The number of aromatic amines is 1. The van der Waals surface area contributed by atoms with Gasteiger partial charge in [0.15, 0.2) is 0 Å². The van der Waals surface area contributed by atoms with Gasteiger partial charge in [0.2, 0.25) is 0 Å². The van der Waals surface area contributed by atoms with Gasteiger partial charge in [-0.2, -0.15) is 0 Å². The number of aromatic nitrogens is 1. The number of carboxylic acids is 1. The van der Waals surface area contributed by atoms with Crippen LogP contribution < -0.4 is 10.7 Å². The first-order valence-corrected chi connectivity index (χ1v) is 14.0. The molecule has 1 aromatic rings. The summed E-state index contributed by atoms with van der Waals surface area (Å²) in [6, 6.07) is 0. The maximum absolute atomic E-state index is 13.2. The first kappa shape index (κ1) is 28.5. The molecule has 0 spiro atoms. The van der Waals surface area contributed by atoms with E-state index in [-0.39, 0.29) is 5.76 Å². The van der Waals surface area contributed by atoms with Crippen LogP contribution in [0, 0.1) is 12.8 Å². The van der Waals surface area contributed by atoms with Gasteiger partial charge in [0, 0.05) is 44.6 Å². The normalized spacial score (nSPS) is 20.6. The van der Waals surface area contributed by atoms with Crippen LogP contribution in [0.25, 0.3) is 18.2 Å². The van der Waals surface area contributed by atoms with Gasteiger partial charge in [-0.1, -0.05) is 25.3 Å². The Morgan fingerprint density at radius 3 is 2.27 bits per heavy atom. The van der Waals surface area contributed by atoms with E-state index >= 15 is 0 Å². The van der Waals surface area contributed by atoms with Crippen molar-refractivity contribution in [3.8, 4) is 0 Å². The third kappa shape index (κ3) is 4.11. The van der Waals surface area contributed by atoms with Crippen molar-refractivity contribution in [2.75, 3.05) is 7.11 Å². The second-order valence-electron chi connectivity index (χ2n) is 10.9. The molecule has 6 rings (SSSR count). The summed E-state index contributed by atoms with van der Waals surface area (Å²) in [5.41, 5.74) is 9.47. The summed E-state index contributed by atoms with van der Waals surface area (Å²) in [7, 11) is 1.25. The highest BCUT2D eigenvalue weighted by Gasteiger charge is 2.47. The van der Waals surface area contributed by atoms with Gasteiger partial charge in [-0.3, -0.25) is 4.79 Å². The number of carbonyl (C=O) groups is 2. The molecular formula is C35H30N4O5. The molecule has 220 valence electrons. The predicted molar refractivity (Wildman–Crippen MR) is 171 cm³/mol. The molecule has 0 radical (unpaired) electrons. The smallest absolute Gasteiger partial charge is 0.328 e. The number of aliphatic imine (C=N–C) groups is 3. The van der Waals surface area contributed by atoms with E-state index in [1.165, 1.54) is 13.2 Å². The van der Waals surface area contributed by atoms with E-state index in [0.717, 1.165) is 44.8 Å². The number of H-pyrrole nitrogens is 1. The number of methoxy groups -OCH3 is 1. The topological polar surface area (TPSA) is 137 Å². The average Bonchev–Trinajstić information content (AvgIpc) is 3.72. The van der Waals surface area contributed by atoms with E-state index in [0.29, 0.717) is 56.4 Å². The average molecular weight is 587 g/mol. The molecule has 1 aliphatic carbocycles. The van der Waals surface area contributed by atoms with Crippen molar-refractivity contribution >= 4 is 47.3 Å². The third-order valence-corrected chi connectivity index (χ3v) is 8.58. The number of nitrogens with one attached hydrogen (secondary N) is 1. The lowest BCUT2D eigenvalue weighted by Crippen LogP contribution is -2.20. The SMILES string of the molecule is C=CC1=C(C)C2=NC1=CC1=C(C)C3=C(O)C(C(=O)OC)C(=C4N=C(C=c5[nH]c(c(C=C)c5C)=C2)C(C)=C4/C=C/C(=O)O)C3=N1. The summed E-state index contributed by atoms with van der Waals surface area (Å²) in [6.07, 6.45) is 11.7. The summed E-state index contributed by atoms with van der Waals surface area (Å²) < 4.78 is 5.11. The molecule has 0 saturated heterocycles. The molecule has 8 bridgehead atoms. The molecule has 4 aliphatic heterocycles. The molecule has 3 N–H and O–H groups in total. The Hall–Kier alpha value is -5.57. The molecule has 0 fully saturated rings. The minimum atomic E-state index is -1.20. The number of ether oxygens (including phenoxy) is 1. The molecular weight excluding hydrogens is 556 g/mol. The quantitative estimate of drug-likeness (QED) is 0.347. The standard InChI is InChI=1S/C35H30N4O5/c1-8-19-15(3)22-12-24-17(5)21(10-11-28(40)41)32(38-24)30-31(35(43)44-7)34(42)29-18(6)25(39-33(29)30)14-27-20(9-2)16(4)23(37-27)13-26(19)36-22/h8-14,31,36,42H,1-2H2,3-7H3,(H,40,41)/b11-10+,22-12?,26-13?,27-14?,32-30?. The number of aliphatic carboxylic acids is 1. The Kier molecular flexibility index (Phi) is 6.69. The molecule has 1 atom stereocenters. The van der Waals surface area contributed by atoms with Gasteiger partial charge in [-0.15, -0.1) is 0 Å². The fourth-order valence-electron chi connectivity index (χ4n) is 6.20. The van der Waals surface area contributed by atoms with Gasteiger partial charge in [-0.25, -0.2) is 19.8 Å². The van der Waals surface area contributed by atoms with Crippen molar-refractivity contribution in [1.82, 2.24) is 4.98 Å². The van der Waals surface area contributed by atoms with Crippen molar-refractivity contribution in [2.45, 2.75) is 27.7 Å². The summed E-state index contributed by atoms with van der Waals surface area (Å²) in [5, 5.41) is 22.6. The van der Waals surface area contributed by atoms with Crippen LogP contribution in [0.1, 0.15) is 31.9 Å². The molecule has 1 aromatic heterocycles. The lowest BCUT2D eigenvalue weighted by molar-refractivity contribution is -0.143. The number of carboxylic acid groups (broad SMARTS) is 1. The lowest BCUT2D eigenvalue weighted by atomic mass is 9.93. The number of esters is 1. The Morgan fingerprint density at radius 2 is 1.61 bits per heavy atom. The molecule has 44 heavy (non-hydrogen) atoms. The minimum Gasteiger partial charge on any atom is -0.510 e. The number of nitrogens with zero attached hydrogens (tertiary/aromatic N) is 3. The van der Waals surface area contributed by atoms with Crippen LogP contribution in [0.2, 0.25) is 0 Å². The van der Waals surface area contributed by atoms with Crippen molar-refractivity contribution in [3.63, 3.8) is 0 Å². The molecule has 5 heterocycles. The number of fused-ring (bicyclic) bond motifs is 5. The lowest BCUT2D eigenvalue weighted by Gasteiger charge is -2.14. The number of aliphatic hydroxyl groups is 1. The largest absolute Gasteiger partial charge is 0.510 e. The summed E-state index contributed by atoms with van der Waals surface area (Å²) in [6.45, 7) is 15.7. The van der Waals surface area contributed by atoms with E-state index in [1.807, 2.05) is 45.9 Å². The Bertz CT molecular complexity index is 2110. The van der Waals surface area contributed by atoms with Gasteiger partial charge in [0.05, 0.1) is 41.3 Å². The zero-order chi connectivity index (χ0) is 31.6. The van der Waals surface area contributed by atoms with Gasteiger partial charge >= 0.3 is 11.9 Å². The van der Waals surface area contributed by atoms with E-state index in [9.17, 15) is 19.8 Å². The van der Waals surface area contributed by atoms with Crippen molar-refractivity contribution < 1.29 is 24.5 Å². The summed E-state index contributed by atoms with van der Waals surface area (Å²) in [4.78, 5) is 43.1. The first-order chi connectivity index (χ1) is 21.0. The Balaban J connectivity index is 1.78. The highest BCUT2D eigenvalue weighted by Crippen LogP contribution is 2.47. The van der Waals surface area contributed by atoms with Crippen LogP contribution in [0.4, 0.5) is 0 Å². The number of hydrogen-bond donors (Lipinski definition) is 3. The highest BCUT2D eigenvalue weighted by atomic mass is 16.5. The minimum absolute atomic E-state index is 0.197. The van der Waals surface area contributed by atoms with E-state index < -0.39 is 17.9 Å². The maximum Gasteiger partial charge on any atom is 0.328 e. The fourth-order valence-corrected chi connectivity index (χ4v) is 6.20. The van der Waals surface area contributed by atoms with Crippen LogP contribution in [0.5, 0.6) is 0 Å². The Morgan fingerprint density at radius 1 is 0.932 bits per heavy atom. The number of carbonyl (C=O) groups excluding carboxylic acids is 1. The van der Waals surface area contributed by atoms with Gasteiger partial charge < -0.3 is 19.9 Å². The zero-order valence-electron chi connectivity index (χ0n) is 25.0. The van der Waals surface area contributed by atoms with Crippen LogP contribution in [0.15, 0.2) is 114 Å². The van der Waals surface area contributed by atoms with Crippen LogP contribution in [-0.2, 0) is 14.3 Å². The molecule has 9 nitrogen and oxygen atoms in total. The van der Waals surface area contributed by atoms with E-state index in [1.54, 1.807) is 12.2 Å². The van der Waals surface area contributed by atoms with Crippen LogP contribution >= 0.6 is 0 Å². The first-order valence-electron chi connectivity index (χ1n) is 14.0. The number of hydrogen-bond acceptors (Lipinski definition) is 7. The predicted octanol–water partition coefficient (Wildman–Crippen LogP) is 4.39. The van der Waals surface area contributed by atoms with Crippen molar-refractivity contribution in [2.24, 2.45) is 20.9 Å². The molecule has 0 aromatic carbocycles. The Labute approximate surface area is 253 Å². The van der Waals surface area contributed by atoms with Crippen molar-refractivity contribution in [3.05, 3.63) is 121 Å². The monoisotopic (exact) mass is 586 g/mol. The van der Waals surface area contributed by atoms with Gasteiger partial charge in [-0.05, 0) is 74.3 Å². The number of allylic oxidation sites excluding steroid dienone is 7. The number of rotatable bonds is 5. The van der Waals surface area contributed by atoms with Crippen LogP contribution in [-0.4, -0.2) is 51.4 Å². The van der Waals surface area contributed by atoms with E-state index in [2.05, 4.69) is 18.1 Å². The molecule has 5 aliphatic rings. The van der Waals surface area contributed by atoms with Crippen LogP contribution in [0.3, 0.4) is 0 Å². The second kappa shape index (κ2) is 10.3. The third-order valence-electron chi connectivity index (χ3n) is 8.58.